The summed E-state index contributed by atoms with van der Waals surface area (Å²) >= 11 is 0. The van der Waals surface area contributed by atoms with Gasteiger partial charge in [-0.2, -0.15) is 0 Å². The smallest absolute Gasteiger partial charge is 0.340 e. The van der Waals surface area contributed by atoms with Gasteiger partial charge in [0.2, 0.25) is 15.9 Å². The quantitative estimate of drug-likeness (QED) is 0.576. The van der Waals surface area contributed by atoms with Gasteiger partial charge in [0.1, 0.15) is 0 Å². The van der Waals surface area contributed by atoms with E-state index in [2.05, 4.69) is 4.74 Å². The number of carbonyl (C=O) groups is 2. The standard InChI is InChI=1S/C13H17N3O5S/c1-21-13(18)9-3-2-4-10(14)12(9)16-6-8(5-11(16)17)7-22(15,19)20/h2-4,8H,5-7,14H2,1H3,(H2,15,19,20). The van der Waals surface area contributed by atoms with Gasteiger partial charge in [-0.3, -0.25) is 4.79 Å². The summed E-state index contributed by atoms with van der Waals surface area (Å²) in [5.41, 5.74) is 6.53. The molecule has 1 aromatic carbocycles. The maximum Gasteiger partial charge on any atom is 0.340 e. The second-order valence-corrected chi connectivity index (χ2v) is 6.80. The first kappa shape index (κ1) is 16.2. The SMILES string of the molecule is COC(=O)c1cccc(N)c1N1CC(CS(N)(=O)=O)CC1=O. The minimum Gasteiger partial charge on any atom is -0.465 e. The van der Waals surface area contributed by atoms with E-state index < -0.39 is 21.9 Å². The lowest BCUT2D eigenvalue weighted by Crippen LogP contribution is -2.29. The van der Waals surface area contributed by atoms with Crippen molar-refractivity contribution in [3.05, 3.63) is 23.8 Å². The number of hydrogen-bond donors (Lipinski definition) is 2. The molecule has 0 spiro atoms. The fourth-order valence-corrected chi connectivity index (χ4v) is 3.46. The summed E-state index contributed by atoms with van der Waals surface area (Å²) in [4.78, 5) is 25.3. The Labute approximate surface area is 128 Å². The number of esters is 1. The van der Waals surface area contributed by atoms with Crippen LogP contribution in [0.2, 0.25) is 0 Å². The van der Waals surface area contributed by atoms with Gasteiger partial charge in [-0.05, 0) is 12.1 Å². The number of primary sulfonamides is 1. The summed E-state index contributed by atoms with van der Waals surface area (Å²) in [6.45, 7) is 0.132. The Kier molecular flexibility index (Phi) is 4.38. The number of carbonyl (C=O) groups excluding carboxylic acids is 2. The highest BCUT2D eigenvalue weighted by atomic mass is 32.2. The summed E-state index contributed by atoms with van der Waals surface area (Å²) in [6.07, 6.45) is 0.0331. The predicted molar refractivity (Wildman–Crippen MR) is 80.6 cm³/mol. The van der Waals surface area contributed by atoms with E-state index in [1.165, 1.54) is 18.1 Å². The highest BCUT2D eigenvalue weighted by molar-refractivity contribution is 7.89. The Morgan fingerprint density at radius 3 is 2.73 bits per heavy atom. The van der Waals surface area contributed by atoms with Crippen LogP contribution in [0.4, 0.5) is 11.4 Å². The molecule has 1 saturated heterocycles. The van der Waals surface area contributed by atoms with E-state index in [1.54, 1.807) is 12.1 Å². The summed E-state index contributed by atoms with van der Waals surface area (Å²) in [5, 5.41) is 5.02. The highest BCUT2D eigenvalue weighted by Crippen LogP contribution is 2.33. The number of nitrogens with zero attached hydrogens (tertiary/aromatic N) is 1. The molecule has 0 radical (unpaired) electrons. The third-order valence-corrected chi connectivity index (χ3v) is 4.35. The lowest BCUT2D eigenvalue weighted by atomic mass is 10.1. The number of hydrogen-bond acceptors (Lipinski definition) is 6. The maximum absolute atomic E-state index is 12.2. The lowest BCUT2D eigenvalue weighted by Gasteiger charge is -2.21. The number of amides is 1. The Hall–Kier alpha value is -2.13. The summed E-state index contributed by atoms with van der Waals surface area (Å²) in [5.74, 6) is -1.66. The molecule has 1 unspecified atom stereocenters. The number of methoxy groups -OCH3 is 1. The molecule has 8 nitrogen and oxygen atoms in total. The van der Waals surface area contributed by atoms with Crippen molar-refractivity contribution in [1.82, 2.24) is 0 Å². The Balaban J connectivity index is 2.36. The third-order valence-electron chi connectivity index (χ3n) is 3.42. The van der Waals surface area contributed by atoms with E-state index in [0.29, 0.717) is 0 Å². The molecule has 0 saturated carbocycles. The molecule has 1 aromatic rings. The fourth-order valence-electron chi connectivity index (χ4n) is 2.58. The van der Waals surface area contributed by atoms with Crippen molar-refractivity contribution in [3.63, 3.8) is 0 Å². The number of anilines is 2. The first-order valence-electron chi connectivity index (χ1n) is 6.50. The fraction of sp³-hybridized carbons (Fsp3) is 0.385. The number of ether oxygens (including phenoxy) is 1. The Morgan fingerprint density at radius 1 is 1.45 bits per heavy atom. The van der Waals surface area contributed by atoms with Gasteiger partial charge in [-0.15, -0.1) is 0 Å². The lowest BCUT2D eigenvalue weighted by molar-refractivity contribution is -0.117. The molecule has 1 amide bonds. The van der Waals surface area contributed by atoms with Gasteiger partial charge in [0, 0.05) is 18.9 Å². The van der Waals surface area contributed by atoms with Gasteiger partial charge in [0.25, 0.3) is 0 Å². The van der Waals surface area contributed by atoms with E-state index >= 15 is 0 Å². The minimum atomic E-state index is -3.68. The Bertz CT molecular complexity index is 716. The zero-order chi connectivity index (χ0) is 16.5. The topological polar surface area (TPSA) is 133 Å². The number of nitrogen functional groups attached to an aromatic ring is 1. The van der Waals surface area contributed by atoms with E-state index in [0.717, 1.165) is 0 Å². The van der Waals surface area contributed by atoms with Gasteiger partial charge in [0.05, 0.1) is 29.8 Å². The normalized spacial score (nSPS) is 18.5. The first-order valence-corrected chi connectivity index (χ1v) is 8.22. The monoisotopic (exact) mass is 327 g/mol. The van der Waals surface area contributed by atoms with Gasteiger partial charge in [-0.1, -0.05) is 6.07 Å². The second kappa shape index (κ2) is 5.93. The summed E-state index contributed by atoms with van der Waals surface area (Å²) < 4.78 is 27.0. The van der Waals surface area contributed by atoms with Crippen LogP contribution in [0.25, 0.3) is 0 Å². The van der Waals surface area contributed by atoms with Crippen molar-refractivity contribution in [2.24, 2.45) is 11.1 Å². The van der Waals surface area contributed by atoms with Gasteiger partial charge in [0.15, 0.2) is 0 Å². The van der Waals surface area contributed by atoms with Crippen LogP contribution in [-0.2, 0) is 19.6 Å². The van der Waals surface area contributed by atoms with Crippen molar-refractivity contribution in [1.29, 1.82) is 0 Å². The number of rotatable bonds is 4. The Morgan fingerprint density at radius 2 is 2.14 bits per heavy atom. The molecule has 1 atom stereocenters. The van der Waals surface area contributed by atoms with Crippen LogP contribution in [-0.4, -0.2) is 39.7 Å². The molecule has 1 heterocycles. The van der Waals surface area contributed by atoms with E-state index in [-0.39, 0.29) is 41.6 Å². The second-order valence-electron chi connectivity index (χ2n) is 5.14. The number of sulfonamides is 1. The largest absolute Gasteiger partial charge is 0.465 e. The van der Waals surface area contributed by atoms with E-state index in [1.807, 2.05) is 0 Å². The van der Waals surface area contributed by atoms with E-state index in [9.17, 15) is 18.0 Å². The molecule has 120 valence electrons. The van der Waals surface area contributed by atoms with Crippen molar-refractivity contribution in [3.8, 4) is 0 Å². The number of para-hydroxylation sites is 1. The van der Waals surface area contributed by atoms with E-state index in [4.69, 9.17) is 10.9 Å². The highest BCUT2D eigenvalue weighted by Gasteiger charge is 2.35. The van der Waals surface area contributed by atoms with Crippen molar-refractivity contribution in [2.45, 2.75) is 6.42 Å². The van der Waals surface area contributed by atoms with Crippen LogP contribution in [0.15, 0.2) is 18.2 Å². The molecule has 1 fully saturated rings. The molecule has 0 aliphatic carbocycles. The molecule has 1 aliphatic heterocycles. The molecular weight excluding hydrogens is 310 g/mol. The number of nitrogens with two attached hydrogens (primary N) is 2. The minimum absolute atomic E-state index is 0.0331. The van der Waals surface area contributed by atoms with Crippen molar-refractivity contribution in [2.75, 3.05) is 30.0 Å². The maximum atomic E-state index is 12.2. The van der Waals surface area contributed by atoms with Gasteiger partial charge < -0.3 is 15.4 Å². The molecule has 22 heavy (non-hydrogen) atoms. The van der Waals surface area contributed by atoms with Crippen LogP contribution in [0, 0.1) is 5.92 Å². The number of benzene rings is 1. The summed E-state index contributed by atoms with van der Waals surface area (Å²) in [6, 6.07) is 4.63. The van der Waals surface area contributed by atoms with Crippen LogP contribution in [0.1, 0.15) is 16.8 Å². The average Bonchev–Trinajstić information content (AvgIpc) is 2.75. The molecule has 0 aromatic heterocycles. The molecule has 4 N–H and O–H groups in total. The van der Waals surface area contributed by atoms with Crippen LogP contribution in [0.5, 0.6) is 0 Å². The zero-order valence-electron chi connectivity index (χ0n) is 12.0. The van der Waals surface area contributed by atoms with Crippen LogP contribution < -0.4 is 15.8 Å². The average molecular weight is 327 g/mol. The predicted octanol–water partition coefficient (Wildman–Crippen LogP) is -0.303. The van der Waals surface area contributed by atoms with Gasteiger partial charge in [-0.25, -0.2) is 18.4 Å². The molecule has 9 heteroatoms. The molecule has 2 rings (SSSR count). The third kappa shape index (κ3) is 3.37. The zero-order valence-corrected chi connectivity index (χ0v) is 12.8. The molecule has 0 bridgehead atoms. The van der Waals surface area contributed by atoms with Gasteiger partial charge >= 0.3 is 5.97 Å². The summed E-state index contributed by atoms with van der Waals surface area (Å²) in [7, 11) is -2.45. The molecular formula is C13H17N3O5S. The van der Waals surface area contributed by atoms with Crippen LogP contribution >= 0.6 is 0 Å². The molecule has 1 aliphatic rings. The van der Waals surface area contributed by atoms with Crippen LogP contribution in [0.3, 0.4) is 0 Å². The first-order chi connectivity index (χ1) is 10.2. The van der Waals surface area contributed by atoms with Crippen molar-refractivity contribution < 1.29 is 22.7 Å². The van der Waals surface area contributed by atoms with Crippen molar-refractivity contribution >= 4 is 33.3 Å².